The lowest BCUT2D eigenvalue weighted by Gasteiger charge is -2.39. The minimum atomic E-state index is -2.16. The Balaban J connectivity index is 3.66. The summed E-state index contributed by atoms with van der Waals surface area (Å²) in [7, 11) is -2.16. The fourth-order valence-corrected chi connectivity index (χ4v) is 4.97. The molecule has 22 heavy (non-hydrogen) atoms. The molecule has 0 aromatic heterocycles. The first-order valence-corrected chi connectivity index (χ1v) is 11.1. The van der Waals surface area contributed by atoms with E-state index in [0.29, 0.717) is 23.8 Å². The second-order valence-electron chi connectivity index (χ2n) is 7.47. The smallest absolute Gasteiger partial charge is 0.254 e. The van der Waals surface area contributed by atoms with Crippen LogP contribution in [0.1, 0.15) is 50.5 Å². The van der Waals surface area contributed by atoms with Gasteiger partial charge in [-0.05, 0) is 42.6 Å². The van der Waals surface area contributed by atoms with Gasteiger partial charge in [0.05, 0.1) is 8.07 Å². The predicted molar refractivity (Wildman–Crippen MR) is 95.2 cm³/mol. The molecule has 0 heterocycles. The van der Waals surface area contributed by atoms with E-state index in [4.69, 9.17) is 0 Å². The molecule has 0 bridgehead atoms. The molecule has 0 N–H and O–H groups in total. The Morgan fingerprint density at radius 1 is 1.18 bits per heavy atom. The van der Waals surface area contributed by atoms with Crippen LogP contribution in [0.2, 0.25) is 18.1 Å². The maximum absolute atomic E-state index is 14.8. The number of benzene rings is 1. The molecule has 0 fully saturated rings. The van der Waals surface area contributed by atoms with E-state index in [-0.39, 0.29) is 16.8 Å². The molecular weight excluding hydrogens is 293 g/mol. The van der Waals surface area contributed by atoms with Gasteiger partial charge in [-0.3, -0.25) is 4.79 Å². The van der Waals surface area contributed by atoms with Crippen molar-refractivity contribution in [2.24, 2.45) is 0 Å². The lowest BCUT2D eigenvalue weighted by Crippen LogP contribution is -2.54. The van der Waals surface area contributed by atoms with Crippen molar-refractivity contribution in [1.82, 2.24) is 4.90 Å². The van der Waals surface area contributed by atoms with Gasteiger partial charge < -0.3 is 4.90 Å². The SMILES string of the molecule is CCN(CC)C(=O)c1c(C)ccc(F)c1[Si](C)(C)C(C)(C)C. The molecule has 0 aliphatic carbocycles. The molecular formula is C18H30FNOSi. The second kappa shape index (κ2) is 6.53. The first kappa shape index (κ1) is 18.9. The fourth-order valence-electron chi connectivity index (χ4n) is 2.61. The topological polar surface area (TPSA) is 20.3 Å². The number of amides is 1. The summed E-state index contributed by atoms with van der Waals surface area (Å²) in [6, 6.07) is 3.24. The van der Waals surface area contributed by atoms with Crippen molar-refractivity contribution in [1.29, 1.82) is 0 Å². The monoisotopic (exact) mass is 323 g/mol. The third-order valence-electron chi connectivity index (χ3n) is 5.13. The highest BCUT2D eigenvalue weighted by Gasteiger charge is 2.42. The van der Waals surface area contributed by atoms with Crippen LogP contribution in [0.3, 0.4) is 0 Å². The number of carbonyl (C=O) groups is 1. The van der Waals surface area contributed by atoms with Crippen LogP contribution in [0.15, 0.2) is 12.1 Å². The summed E-state index contributed by atoms with van der Waals surface area (Å²) in [4.78, 5) is 14.7. The predicted octanol–water partition coefficient (Wildman–Crippen LogP) is 4.33. The minimum Gasteiger partial charge on any atom is -0.339 e. The molecule has 124 valence electrons. The van der Waals surface area contributed by atoms with Gasteiger partial charge in [-0.15, -0.1) is 0 Å². The van der Waals surface area contributed by atoms with Gasteiger partial charge in [-0.25, -0.2) is 4.39 Å². The van der Waals surface area contributed by atoms with Crippen LogP contribution < -0.4 is 5.19 Å². The molecule has 0 aliphatic heterocycles. The van der Waals surface area contributed by atoms with Crippen molar-refractivity contribution in [3.8, 4) is 0 Å². The Labute approximate surface area is 135 Å². The molecule has 0 unspecified atom stereocenters. The van der Waals surface area contributed by atoms with E-state index in [1.807, 2.05) is 20.8 Å². The average molecular weight is 324 g/mol. The first-order chi connectivity index (χ1) is 9.98. The van der Waals surface area contributed by atoms with Crippen LogP contribution >= 0.6 is 0 Å². The van der Waals surface area contributed by atoms with Gasteiger partial charge in [-0.1, -0.05) is 39.9 Å². The summed E-state index contributed by atoms with van der Waals surface area (Å²) in [6.07, 6.45) is 0. The largest absolute Gasteiger partial charge is 0.339 e. The summed E-state index contributed by atoms with van der Waals surface area (Å²) in [5, 5.41) is 0.650. The van der Waals surface area contributed by atoms with E-state index < -0.39 is 8.07 Å². The molecule has 0 radical (unpaired) electrons. The van der Waals surface area contributed by atoms with Crippen LogP contribution in [-0.2, 0) is 0 Å². The van der Waals surface area contributed by atoms with E-state index in [1.54, 1.807) is 11.0 Å². The average Bonchev–Trinajstić information content (AvgIpc) is 2.40. The minimum absolute atomic E-state index is 0.0279. The van der Waals surface area contributed by atoms with Crippen molar-refractivity contribution in [3.63, 3.8) is 0 Å². The number of hydrogen-bond donors (Lipinski definition) is 0. The maximum atomic E-state index is 14.8. The van der Waals surface area contributed by atoms with Crippen LogP contribution in [0.4, 0.5) is 4.39 Å². The molecule has 0 saturated heterocycles. The Bertz CT molecular complexity index is 557. The quantitative estimate of drug-likeness (QED) is 0.755. The number of nitrogens with zero attached hydrogens (tertiary/aromatic N) is 1. The van der Waals surface area contributed by atoms with E-state index in [9.17, 15) is 9.18 Å². The van der Waals surface area contributed by atoms with Crippen LogP contribution in [-0.4, -0.2) is 32.0 Å². The molecule has 0 aliphatic rings. The molecule has 1 aromatic carbocycles. The van der Waals surface area contributed by atoms with E-state index >= 15 is 0 Å². The molecule has 4 heteroatoms. The number of aryl methyl sites for hydroxylation is 1. The van der Waals surface area contributed by atoms with Crippen LogP contribution in [0.5, 0.6) is 0 Å². The van der Waals surface area contributed by atoms with Crippen molar-refractivity contribution < 1.29 is 9.18 Å². The summed E-state index contributed by atoms with van der Waals surface area (Å²) in [5.74, 6) is -0.269. The summed E-state index contributed by atoms with van der Waals surface area (Å²) in [5.41, 5.74) is 1.47. The van der Waals surface area contributed by atoms with Crippen LogP contribution in [0.25, 0.3) is 0 Å². The normalized spacial score (nSPS) is 12.4. The van der Waals surface area contributed by atoms with Gasteiger partial charge in [-0.2, -0.15) is 0 Å². The fraction of sp³-hybridized carbons (Fsp3) is 0.611. The molecule has 1 amide bonds. The number of halogens is 1. The molecule has 2 nitrogen and oxygen atoms in total. The standard InChI is InChI=1S/C18H30FNOSi/c1-9-20(10-2)17(21)15-13(3)11-12-14(19)16(15)22(7,8)18(4,5)6/h11-12H,9-10H2,1-8H3. The highest BCUT2D eigenvalue weighted by molar-refractivity contribution is 6.92. The summed E-state index contributed by atoms with van der Waals surface area (Å²) in [6.45, 7) is 17.9. The van der Waals surface area contributed by atoms with Crippen molar-refractivity contribution >= 4 is 19.2 Å². The second-order valence-corrected chi connectivity index (χ2v) is 12.7. The first-order valence-electron chi connectivity index (χ1n) is 8.07. The molecule has 0 atom stereocenters. The maximum Gasteiger partial charge on any atom is 0.254 e. The van der Waals surface area contributed by atoms with Crippen molar-refractivity contribution in [2.75, 3.05) is 13.1 Å². The lowest BCUT2D eigenvalue weighted by atomic mass is 10.1. The van der Waals surface area contributed by atoms with Gasteiger partial charge in [0, 0.05) is 18.7 Å². The summed E-state index contributed by atoms with van der Waals surface area (Å²) >= 11 is 0. The highest BCUT2D eigenvalue weighted by atomic mass is 28.3. The molecule has 0 saturated carbocycles. The van der Waals surface area contributed by atoms with E-state index in [2.05, 4.69) is 33.9 Å². The van der Waals surface area contributed by atoms with Gasteiger partial charge in [0.2, 0.25) is 0 Å². The number of hydrogen-bond acceptors (Lipinski definition) is 1. The number of rotatable bonds is 4. The zero-order valence-electron chi connectivity index (χ0n) is 15.3. The van der Waals surface area contributed by atoms with Crippen LogP contribution in [0, 0.1) is 12.7 Å². The van der Waals surface area contributed by atoms with E-state index in [0.717, 1.165) is 5.56 Å². The number of carbonyl (C=O) groups excluding carboxylic acids is 1. The van der Waals surface area contributed by atoms with Gasteiger partial charge in [0.15, 0.2) is 0 Å². The summed E-state index contributed by atoms with van der Waals surface area (Å²) < 4.78 is 14.8. The Morgan fingerprint density at radius 3 is 2.09 bits per heavy atom. The van der Waals surface area contributed by atoms with E-state index in [1.165, 1.54) is 6.07 Å². The third-order valence-corrected chi connectivity index (χ3v) is 10.6. The molecule has 1 aromatic rings. The molecule has 1 rings (SSSR count). The highest BCUT2D eigenvalue weighted by Crippen LogP contribution is 2.37. The Morgan fingerprint density at radius 2 is 1.68 bits per heavy atom. The van der Waals surface area contributed by atoms with Gasteiger partial charge in [0.1, 0.15) is 5.82 Å². The Kier molecular flexibility index (Phi) is 5.60. The third kappa shape index (κ3) is 3.27. The lowest BCUT2D eigenvalue weighted by molar-refractivity contribution is 0.0773. The van der Waals surface area contributed by atoms with Gasteiger partial charge in [0.25, 0.3) is 5.91 Å². The zero-order valence-corrected chi connectivity index (χ0v) is 16.3. The van der Waals surface area contributed by atoms with Crippen molar-refractivity contribution in [2.45, 2.75) is 59.7 Å². The Hall–Kier alpha value is -1.16. The van der Waals surface area contributed by atoms with Gasteiger partial charge >= 0.3 is 0 Å². The zero-order chi connectivity index (χ0) is 17.3. The van der Waals surface area contributed by atoms with Crippen molar-refractivity contribution in [3.05, 3.63) is 29.1 Å². The molecule has 0 spiro atoms.